The van der Waals surface area contributed by atoms with E-state index < -0.39 is 15.4 Å². The minimum absolute atomic E-state index is 0.0707. The highest BCUT2D eigenvalue weighted by Crippen LogP contribution is 2.43. The van der Waals surface area contributed by atoms with E-state index in [2.05, 4.69) is 17.4 Å². The second-order valence-electron chi connectivity index (χ2n) is 9.92. The van der Waals surface area contributed by atoms with E-state index in [4.69, 9.17) is 4.74 Å². The first-order valence-corrected chi connectivity index (χ1v) is 13.5. The number of benzene rings is 2. The van der Waals surface area contributed by atoms with Crippen molar-refractivity contribution >= 4 is 27.5 Å². The van der Waals surface area contributed by atoms with Crippen LogP contribution in [0.2, 0.25) is 0 Å². The van der Waals surface area contributed by atoms with E-state index in [9.17, 15) is 18.0 Å². The molecule has 9 heteroatoms. The van der Waals surface area contributed by atoms with Gasteiger partial charge in [0.2, 0.25) is 21.8 Å². The van der Waals surface area contributed by atoms with Crippen LogP contribution in [0.4, 0.5) is 5.69 Å². The summed E-state index contributed by atoms with van der Waals surface area (Å²) in [5.41, 5.74) is 2.65. The zero-order chi connectivity index (χ0) is 24.8. The summed E-state index contributed by atoms with van der Waals surface area (Å²) in [5.74, 6) is -0.443. The minimum Gasteiger partial charge on any atom is -0.379 e. The SMILES string of the molecule is CC1(C)C(=O)N(CC(=O)N[C@H]2CCCc3ccccc32)c2ccc(S(=O)(=O)N3CCOCC3)cc21. The monoisotopic (exact) mass is 497 g/mol. The fraction of sp³-hybridized carbons (Fsp3) is 0.462. The van der Waals surface area contributed by atoms with Gasteiger partial charge < -0.3 is 15.0 Å². The van der Waals surface area contributed by atoms with Gasteiger partial charge in [-0.05, 0) is 68.0 Å². The predicted octanol–water partition coefficient (Wildman–Crippen LogP) is 2.53. The Morgan fingerprint density at radius 1 is 1.14 bits per heavy atom. The topological polar surface area (TPSA) is 96.0 Å². The molecule has 35 heavy (non-hydrogen) atoms. The number of nitrogens with one attached hydrogen (secondary N) is 1. The van der Waals surface area contributed by atoms with Crippen LogP contribution in [0.3, 0.4) is 0 Å². The number of carbonyl (C=O) groups is 2. The van der Waals surface area contributed by atoms with Crippen molar-refractivity contribution in [3.05, 3.63) is 59.2 Å². The van der Waals surface area contributed by atoms with E-state index >= 15 is 0 Å². The van der Waals surface area contributed by atoms with E-state index in [1.807, 2.05) is 12.1 Å². The lowest BCUT2D eigenvalue weighted by Crippen LogP contribution is -2.44. The summed E-state index contributed by atoms with van der Waals surface area (Å²) >= 11 is 0. The maximum atomic E-state index is 13.3. The first-order chi connectivity index (χ1) is 16.7. The van der Waals surface area contributed by atoms with Gasteiger partial charge in [0.1, 0.15) is 6.54 Å². The molecule has 1 fully saturated rings. The number of amides is 2. The molecule has 1 atom stereocenters. The van der Waals surface area contributed by atoms with Crippen LogP contribution in [0, 0.1) is 0 Å². The van der Waals surface area contributed by atoms with Crippen LogP contribution < -0.4 is 10.2 Å². The third kappa shape index (κ3) is 4.26. The number of carbonyl (C=O) groups excluding carboxylic acids is 2. The molecule has 0 bridgehead atoms. The molecule has 2 aromatic carbocycles. The molecule has 0 aromatic heterocycles. The second kappa shape index (κ2) is 9.04. The van der Waals surface area contributed by atoms with Crippen molar-refractivity contribution in [3.8, 4) is 0 Å². The molecule has 186 valence electrons. The van der Waals surface area contributed by atoms with Gasteiger partial charge in [-0.15, -0.1) is 0 Å². The Morgan fingerprint density at radius 3 is 2.66 bits per heavy atom. The summed E-state index contributed by atoms with van der Waals surface area (Å²) in [4.78, 5) is 28.0. The van der Waals surface area contributed by atoms with Crippen molar-refractivity contribution in [2.75, 3.05) is 37.7 Å². The zero-order valence-corrected chi connectivity index (χ0v) is 20.9. The van der Waals surface area contributed by atoms with Crippen LogP contribution in [0.15, 0.2) is 47.4 Å². The second-order valence-corrected chi connectivity index (χ2v) is 11.9. The normalized spacial score (nSPS) is 21.9. The van der Waals surface area contributed by atoms with E-state index in [0.29, 0.717) is 37.6 Å². The maximum Gasteiger partial charge on any atom is 0.243 e. The van der Waals surface area contributed by atoms with Crippen LogP contribution >= 0.6 is 0 Å². The molecule has 2 aliphatic heterocycles. The van der Waals surface area contributed by atoms with E-state index in [0.717, 1.165) is 24.8 Å². The fourth-order valence-electron chi connectivity index (χ4n) is 5.35. The minimum atomic E-state index is -3.70. The van der Waals surface area contributed by atoms with Gasteiger partial charge >= 0.3 is 0 Å². The van der Waals surface area contributed by atoms with Crippen LogP contribution in [-0.2, 0) is 36.2 Å². The average Bonchev–Trinajstić information content (AvgIpc) is 3.05. The first kappa shape index (κ1) is 24.0. The van der Waals surface area contributed by atoms with E-state index in [1.54, 1.807) is 26.0 Å². The van der Waals surface area contributed by atoms with Gasteiger partial charge in [-0.25, -0.2) is 8.42 Å². The standard InChI is InChI=1S/C26H31N3O5S/c1-26(2)21-16-19(35(32,33)28-12-14-34-15-13-28)10-11-23(21)29(25(26)31)17-24(30)27-22-9-5-7-18-6-3-4-8-20(18)22/h3-4,6,8,10-11,16,22H,5,7,9,12-15,17H2,1-2H3,(H,27,30)/t22-/m0/s1. The summed E-state index contributed by atoms with van der Waals surface area (Å²) in [6.07, 6.45) is 2.87. The molecule has 2 amide bonds. The third-order valence-electron chi connectivity index (χ3n) is 7.33. The van der Waals surface area contributed by atoms with Crippen LogP contribution in [0.1, 0.15) is 49.4 Å². The zero-order valence-electron chi connectivity index (χ0n) is 20.1. The van der Waals surface area contributed by atoms with Crippen molar-refractivity contribution in [2.24, 2.45) is 0 Å². The molecule has 2 aromatic rings. The lowest BCUT2D eigenvalue weighted by atomic mass is 9.86. The van der Waals surface area contributed by atoms with Crippen LogP contribution in [0.5, 0.6) is 0 Å². The summed E-state index contributed by atoms with van der Waals surface area (Å²) in [7, 11) is -3.70. The Hall–Kier alpha value is -2.75. The lowest BCUT2D eigenvalue weighted by molar-refractivity contribution is -0.126. The van der Waals surface area contributed by atoms with E-state index in [1.165, 1.54) is 20.8 Å². The summed E-state index contributed by atoms with van der Waals surface area (Å²) in [6.45, 7) is 4.77. The molecule has 2 heterocycles. The number of morpholine rings is 1. The summed E-state index contributed by atoms with van der Waals surface area (Å²) in [6, 6.07) is 12.8. The molecule has 8 nitrogen and oxygen atoms in total. The van der Waals surface area contributed by atoms with Gasteiger partial charge in [-0.2, -0.15) is 4.31 Å². The molecule has 0 unspecified atom stereocenters. The Bertz CT molecular complexity index is 1270. The number of nitrogens with zero attached hydrogens (tertiary/aromatic N) is 2. The number of hydrogen-bond acceptors (Lipinski definition) is 5. The first-order valence-electron chi connectivity index (χ1n) is 12.1. The molecule has 1 saturated heterocycles. The molecule has 1 N–H and O–H groups in total. The molecule has 3 aliphatic rings. The van der Waals surface area contributed by atoms with Crippen molar-refractivity contribution in [1.82, 2.24) is 9.62 Å². The molecule has 0 spiro atoms. The predicted molar refractivity (Wildman–Crippen MR) is 132 cm³/mol. The van der Waals surface area contributed by atoms with E-state index in [-0.39, 0.29) is 29.3 Å². The number of ether oxygens (including phenoxy) is 1. The largest absolute Gasteiger partial charge is 0.379 e. The van der Waals surface area contributed by atoms with Crippen molar-refractivity contribution in [1.29, 1.82) is 0 Å². The number of aryl methyl sites for hydroxylation is 1. The number of hydrogen-bond donors (Lipinski definition) is 1. The van der Waals surface area contributed by atoms with Gasteiger partial charge in [0, 0.05) is 18.8 Å². The van der Waals surface area contributed by atoms with Crippen molar-refractivity contribution < 1.29 is 22.7 Å². The number of rotatable bonds is 5. The highest BCUT2D eigenvalue weighted by atomic mass is 32.2. The van der Waals surface area contributed by atoms with Gasteiger partial charge in [0.15, 0.2) is 0 Å². The van der Waals surface area contributed by atoms with Crippen molar-refractivity contribution in [3.63, 3.8) is 0 Å². The smallest absolute Gasteiger partial charge is 0.243 e. The Balaban J connectivity index is 1.38. The fourth-order valence-corrected chi connectivity index (χ4v) is 6.79. The molecule has 5 rings (SSSR count). The number of fused-ring (bicyclic) bond motifs is 2. The summed E-state index contributed by atoms with van der Waals surface area (Å²) in [5, 5.41) is 3.11. The maximum absolute atomic E-state index is 13.3. The lowest BCUT2D eigenvalue weighted by Gasteiger charge is -2.27. The van der Waals surface area contributed by atoms with Gasteiger partial charge in [-0.3, -0.25) is 9.59 Å². The quantitative estimate of drug-likeness (QED) is 0.685. The molecule has 0 saturated carbocycles. The van der Waals surface area contributed by atoms with Gasteiger partial charge in [-0.1, -0.05) is 24.3 Å². The number of sulfonamides is 1. The molecule has 0 radical (unpaired) electrons. The highest BCUT2D eigenvalue weighted by Gasteiger charge is 2.45. The molecular formula is C26H31N3O5S. The number of anilines is 1. The van der Waals surface area contributed by atoms with Crippen LogP contribution in [-0.4, -0.2) is 57.4 Å². The molecule has 1 aliphatic carbocycles. The Morgan fingerprint density at radius 2 is 1.89 bits per heavy atom. The Kier molecular flexibility index (Phi) is 6.19. The van der Waals surface area contributed by atoms with Crippen LogP contribution in [0.25, 0.3) is 0 Å². The third-order valence-corrected chi connectivity index (χ3v) is 9.22. The highest BCUT2D eigenvalue weighted by molar-refractivity contribution is 7.89. The summed E-state index contributed by atoms with van der Waals surface area (Å²) < 4.78 is 33.0. The average molecular weight is 498 g/mol. The molecular weight excluding hydrogens is 466 g/mol. The van der Waals surface area contributed by atoms with Gasteiger partial charge in [0.05, 0.1) is 29.6 Å². The van der Waals surface area contributed by atoms with Crippen molar-refractivity contribution in [2.45, 2.75) is 49.5 Å². The Labute approximate surface area is 206 Å². The van der Waals surface area contributed by atoms with Gasteiger partial charge in [0.25, 0.3) is 0 Å².